The maximum atomic E-state index is 3.76. The van der Waals surface area contributed by atoms with Gasteiger partial charge in [0.25, 0.3) is 0 Å². The molecular formula is C19H36N2. The van der Waals surface area contributed by atoms with Crippen molar-refractivity contribution < 1.29 is 0 Å². The fourth-order valence-corrected chi connectivity index (χ4v) is 5.35. The molecule has 0 aromatic heterocycles. The Morgan fingerprint density at radius 2 is 1.81 bits per heavy atom. The Morgan fingerprint density at radius 3 is 2.62 bits per heavy atom. The van der Waals surface area contributed by atoms with Crippen molar-refractivity contribution in [3.8, 4) is 0 Å². The Bertz CT molecular complexity index is 309. The number of fused-ring (bicyclic) bond motifs is 1. The third kappa shape index (κ3) is 3.82. The van der Waals surface area contributed by atoms with Crippen LogP contribution in [0.4, 0.5) is 0 Å². The van der Waals surface area contributed by atoms with Crippen LogP contribution >= 0.6 is 0 Å². The zero-order chi connectivity index (χ0) is 14.5. The van der Waals surface area contributed by atoms with Gasteiger partial charge in [-0.1, -0.05) is 39.0 Å². The second kappa shape index (κ2) is 7.46. The van der Waals surface area contributed by atoms with Crippen LogP contribution in [0.1, 0.15) is 77.6 Å². The first-order valence-corrected chi connectivity index (χ1v) is 9.78. The minimum absolute atomic E-state index is 0.597. The zero-order valence-electron chi connectivity index (χ0n) is 14.2. The number of nitrogens with zero attached hydrogens (tertiary/aromatic N) is 1. The van der Waals surface area contributed by atoms with Gasteiger partial charge in [0.2, 0.25) is 0 Å². The van der Waals surface area contributed by atoms with E-state index in [2.05, 4.69) is 17.1 Å². The lowest BCUT2D eigenvalue weighted by Crippen LogP contribution is -2.48. The summed E-state index contributed by atoms with van der Waals surface area (Å²) in [6.45, 7) is 7.55. The van der Waals surface area contributed by atoms with E-state index in [-0.39, 0.29) is 0 Å². The van der Waals surface area contributed by atoms with Crippen molar-refractivity contribution in [3.63, 3.8) is 0 Å². The molecule has 0 aromatic carbocycles. The molecule has 2 atom stereocenters. The van der Waals surface area contributed by atoms with Crippen LogP contribution < -0.4 is 5.32 Å². The van der Waals surface area contributed by atoms with E-state index in [1.165, 1.54) is 96.8 Å². The van der Waals surface area contributed by atoms with Crippen LogP contribution in [0.15, 0.2) is 0 Å². The topological polar surface area (TPSA) is 15.3 Å². The Hall–Kier alpha value is -0.0800. The summed E-state index contributed by atoms with van der Waals surface area (Å²) < 4.78 is 0. The average molecular weight is 293 g/mol. The highest BCUT2D eigenvalue weighted by Crippen LogP contribution is 2.42. The first-order chi connectivity index (χ1) is 10.3. The number of hydrogen-bond acceptors (Lipinski definition) is 2. The minimum atomic E-state index is 0.597. The molecule has 0 spiro atoms. The lowest BCUT2D eigenvalue weighted by molar-refractivity contribution is 0.0778. The third-order valence-electron chi connectivity index (χ3n) is 6.50. The lowest BCUT2D eigenvalue weighted by atomic mass is 9.73. The summed E-state index contributed by atoms with van der Waals surface area (Å²) in [7, 11) is 0. The van der Waals surface area contributed by atoms with Gasteiger partial charge in [-0.05, 0) is 62.9 Å². The summed E-state index contributed by atoms with van der Waals surface area (Å²) in [6, 6.07) is 0.948. The maximum Gasteiger partial charge on any atom is 0.0124 e. The molecule has 1 heterocycles. The first kappa shape index (κ1) is 15.8. The SMILES string of the molecule is CCCNCC1(CN2CCC3CCCCC32)CCCCC1. The highest BCUT2D eigenvalue weighted by Gasteiger charge is 2.41. The number of likely N-dealkylation sites (tertiary alicyclic amines) is 1. The average Bonchev–Trinajstić information content (AvgIpc) is 2.92. The monoisotopic (exact) mass is 292 g/mol. The van der Waals surface area contributed by atoms with Gasteiger partial charge in [0.15, 0.2) is 0 Å². The molecule has 2 nitrogen and oxygen atoms in total. The largest absolute Gasteiger partial charge is 0.316 e. The van der Waals surface area contributed by atoms with Crippen molar-refractivity contribution in [1.82, 2.24) is 10.2 Å². The second-order valence-electron chi connectivity index (χ2n) is 8.11. The van der Waals surface area contributed by atoms with Crippen LogP contribution in [0.3, 0.4) is 0 Å². The van der Waals surface area contributed by atoms with E-state index in [0.29, 0.717) is 5.41 Å². The second-order valence-corrected chi connectivity index (χ2v) is 8.11. The van der Waals surface area contributed by atoms with Crippen molar-refractivity contribution in [3.05, 3.63) is 0 Å². The minimum Gasteiger partial charge on any atom is -0.316 e. The molecule has 0 bridgehead atoms. The van der Waals surface area contributed by atoms with Gasteiger partial charge in [-0.3, -0.25) is 4.90 Å². The molecule has 1 aliphatic heterocycles. The van der Waals surface area contributed by atoms with Crippen LogP contribution in [0.25, 0.3) is 0 Å². The van der Waals surface area contributed by atoms with Crippen molar-refractivity contribution >= 4 is 0 Å². The van der Waals surface area contributed by atoms with Gasteiger partial charge in [-0.25, -0.2) is 0 Å². The van der Waals surface area contributed by atoms with Crippen molar-refractivity contribution in [1.29, 1.82) is 0 Å². The van der Waals surface area contributed by atoms with Gasteiger partial charge in [0, 0.05) is 19.1 Å². The summed E-state index contributed by atoms with van der Waals surface area (Å²) in [5, 5.41) is 3.76. The molecule has 0 amide bonds. The van der Waals surface area contributed by atoms with E-state index in [9.17, 15) is 0 Å². The van der Waals surface area contributed by atoms with E-state index >= 15 is 0 Å². The van der Waals surface area contributed by atoms with Gasteiger partial charge in [0.05, 0.1) is 0 Å². The third-order valence-corrected chi connectivity index (χ3v) is 6.50. The molecule has 0 aromatic rings. The molecule has 2 unspecified atom stereocenters. The predicted molar refractivity (Wildman–Crippen MR) is 90.6 cm³/mol. The predicted octanol–water partition coefficient (Wildman–Crippen LogP) is 4.20. The Kier molecular flexibility index (Phi) is 5.61. The summed E-state index contributed by atoms with van der Waals surface area (Å²) in [6.07, 6.45) is 16.1. The summed E-state index contributed by atoms with van der Waals surface area (Å²) in [5.74, 6) is 1.04. The normalized spacial score (nSPS) is 33.0. The highest BCUT2D eigenvalue weighted by atomic mass is 15.2. The van der Waals surface area contributed by atoms with Crippen LogP contribution in [0.2, 0.25) is 0 Å². The zero-order valence-corrected chi connectivity index (χ0v) is 14.2. The molecule has 1 N–H and O–H groups in total. The molecule has 3 rings (SSSR count). The van der Waals surface area contributed by atoms with Crippen LogP contribution in [0, 0.1) is 11.3 Å². The standard InChI is InChI=1S/C19H36N2/c1-2-13-20-15-19(11-6-3-7-12-19)16-21-14-10-17-8-4-5-9-18(17)21/h17-18,20H,2-16H2,1H3. The Labute approximate surface area is 132 Å². The molecule has 122 valence electrons. The van der Waals surface area contributed by atoms with E-state index in [1.807, 2.05) is 0 Å². The lowest BCUT2D eigenvalue weighted by Gasteiger charge is -2.43. The fourth-order valence-electron chi connectivity index (χ4n) is 5.35. The molecule has 0 radical (unpaired) electrons. The number of hydrogen-bond donors (Lipinski definition) is 1. The van der Waals surface area contributed by atoms with Gasteiger partial charge >= 0.3 is 0 Å². The van der Waals surface area contributed by atoms with Gasteiger partial charge < -0.3 is 5.32 Å². The molecule has 21 heavy (non-hydrogen) atoms. The van der Waals surface area contributed by atoms with E-state index in [4.69, 9.17) is 0 Å². The van der Waals surface area contributed by atoms with E-state index in [1.54, 1.807) is 0 Å². The molecule has 2 aliphatic carbocycles. The molecule has 2 heteroatoms. The first-order valence-electron chi connectivity index (χ1n) is 9.78. The maximum absolute atomic E-state index is 3.76. The Morgan fingerprint density at radius 1 is 1.00 bits per heavy atom. The molecule has 1 saturated heterocycles. The van der Waals surface area contributed by atoms with Gasteiger partial charge in [0.1, 0.15) is 0 Å². The smallest absolute Gasteiger partial charge is 0.0124 e. The van der Waals surface area contributed by atoms with E-state index in [0.717, 1.165) is 12.0 Å². The number of rotatable bonds is 6. The van der Waals surface area contributed by atoms with Crippen molar-refractivity contribution in [2.24, 2.45) is 11.3 Å². The summed E-state index contributed by atoms with van der Waals surface area (Å²) in [5.41, 5.74) is 0.597. The van der Waals surface area contributed by atoms with Crippen LogP contribution in [-0.2, 0) is 0 Å². The van der Waals surface area contributed by atoms with Crippen LogP contribution in [0.5, 0.6) is 0 Å². The Balaban J connectivity index is 1.60. The van der Waals surface area contributed by atoms with Gasteiger partial charge in [-0.15, -0.1) is 0 Å². The van der Waals surface area contributed by atoms with Crippen molar-refractivity contribution in [2.45, 2.75) is 83.6 Å². The van der Waals surface area contributed by atoms with E-state index < -0.39 is 0 Å². The highest BCUT2D eigenvalue weighted by molar-refractivity contribution is 4.95. The molecular weight excluding hydrogens is 256 g/mol. The summed E-state index contributed by atoms with van der Waals surface area (Å²) >= 11 is 0. The quantitative estimate of drug-likeness (QED) is 0.738. The molecule has 2 saturated carbocycles. The molecule has 3 fully saturated rings. The molecule has 3 aliphatic rings. The van der Waals surface area contributed by atoms with Crippen molar-refractivity contribution in [2.75, 3.05) is 26.2 Å². The fraction of sp³-hybridized carbons (Fsp3) is 1.00. The van der Waals surface area contributed by atoms with Crippen LogP contribution in [-0.4, -0.2) is 37.1 Å². The number of nitrogens with one attached hydrogen (secondary N) is 1. The van der Waals surface area contributed by atoms with Gasteiger partial charge in [-0.2, -0.15) is 0 Å². The summed E-state index contributed by atoms with van der Waals surface area (Å²) in [4.78, 5) is 2.92.